The van der Waals surface area contributed by atoms with Crippen LogP contribution in [0, 0.1) is 0 Å². The highest BCUT2D eigenvalue weighted by atomic mass is 32.2. The van der Waals surface area contributed by atoms with Crippen LogP contribution in [-0.4, -0.2) is 39.5 Å². The lowest BCUT2D eigenvalue weighted by atomic mass is 10.1. The van der Waals surface area contributed by atoms with E-state index in [2.05, 4.69) is 17.1 Å². The largest absolute Gasteiger partial charge is 0.486 e. The maximum absolute atomic E-state index is 12.4. The number of nitrogens with one attached hydrogen (secondary N) is 1. The van der Waals surface area contributed by atoms with Crippen molar-refractivity contribution in [3.05, 3.63) is 34.2 Å². The summed E-state index contributed by atoms with van der Waals surface area (Å²) >= 11 is 1.26. The average Bonchev–Trinajstić information content (AvgIpc) is 2.97. The molecule has 0 aliphatic carbocycles. The standard InChI is InChI=1S/C16H19N3O4S/c1-2-3-6-19-15(21)17-18-16(19)24-10-12(20)11-4-5-13-14(9-11)23-8-7-22-13/h4-5,9H,2-3,6-8,10H2,1H3,(H,17,21). The fourth-order valence-electron chi connectivity index (χ4n) is 2.36. The van der Waals surface area contributed by atoms with Gasteiger partial charge in [-0.2, -0.15) is 0 Å². The van der Waals surface area contributed by atoms with Crippen molar-refractivity contribution in [1.29, 1.82) is 0 Å². The van der Waals surface area contributed by atoms with E-state index >= 15 is 0 Å². The molecule has 0 radical (unpaired) electrons. The van der Waals surface area contributed by atoms with E-state index < -0.39 is 0 Å². The van der Waals surface area contributed by atoms with Crippen LogP contribution < -0.4 is 15.2 Å². The number of rotatable bonds is 7. The summed E-state index contributed by atoms with van der Waals surface area (Å²) in [6.07, 6.45) is 1.88. The smallest absolute Gasteiger partial charge is 0.343 e. The van der Waals surface area contributed by atoms with Gasteiger partial charge in [-0.1, -0.05) is 25.1 Å². The third kappa shape index (κ3) is 3.64. The lowest BCUT2D eigenvalue weighted by Gasteiger charge is -2.18. The molecule has 0 spiro atoms. The van der Waals surface area contributed by atoms with Crippen molar-refractivity contribution in [3.63, 3.8) is 0 Å². The Morgan fingerprint density at radius 1 is 1.33 bits per heavy atom. The second kappa shape index (κ2) is 7.57. The summed E-state index contributed by atoms with van der Waals surface area (Å²) in [7, 11) is 0. The summed E-state index contributed by atoms with van der Waals surface area (Å²) in [4.78, 5) is 24.1. The van der Waals surface area contributed by atoms with Gasteiger partial charge in [0.15, 0.2) is 22.4 Å². The number of ether oxygens (including phenoxy) is 2. The number of thioether (sulfide) groups is 1. The zero-order valence-electron chi connectivity index (χ0n) is 13.4. The summed E-state index contributed by atoms with van der Waals surface area (Å²) in [6.45, 7) is 3.66. The second-order valence-electron chi connectivity index (χ2n) is 5.39. The summed E-state index contributed by atoms with van der Waals surface area (Å²) in [6, 6.07) is 5.18. The van der Waals surface area contributed by atoms with Crippen molar-refractivity contribution in [3.8, 4) is 11.5 Å². The van der Waals surface area contributed by atoms with Crippen LogP contribution in [0.1, 0.15) is 30.1 Å². The maximum atomic E-state index is 12.4. The summed E-state index contributed by atoms with van der Waals surface area (Å²) in [5.74, 6) is 1.41. The Kier molecular flexibility index (Phi) is 5.24. The Labute approximate surface area is 143 Å². The number of carbonyl (C=O) groups is 1. The van der Waals surface area contributed by atoms with Crippen LogP contribution in [0.2, 0.25) is 0 Å². The summed E-state index contributed by atoms with van der Waals surface area (Å²) in [5.41, 5.74) is 0.322. The molecule has 1 aliphatic heterocycles. The van der Waals surface area contributed by atoms with Gasteiger partial charge in [-0.3, -0.25) is 9.36 Å². The van der Waals surface area contributed by atoms with E-state index in [9.17, 15) is 9.59 Å². The van der Waals surface area contributed by atoms with E-state index in [4.69, 9.17) is 9.47 Å². The quantitative estimate of drug-likeness (QED) is 0.609. The molecule has 2 heterocycles. The van der Waals surface area contributed by atoms with Crippen molar-refractivity contribution in [1.82, 2.24) is 14.8 Å². The first-order valence-electron chi connectivity index (χ1n) is 7.90. The number of H-pyrrole nitrogens is 1. The number of benzene rings is 1. The molecule has 0 unspecified atom stereocenters. The van der Waals surface area contributed by atoms with Crippen LogP contribution in [-0.2, 0) is 6.54 Å². The van der Waals surface area contributed by atoms with Crippen molar-refractivity contribution in [2.45, 2.75) is 31.5 Å². The number of nitrogens with zero attached hydrogens (tertiary/aromatic N) is 2. The number of ketones is 1. The van der Waals surface area contributed by atoms with Gasteiger partial charge in [0, 0.05) is 12.1 Å². The van der Waals surface area contributed by atoms with Gasteiger partial charge in [0.25, 0.3) is 0 Å². The number of aromatic amines is 1. The SMILES string of the molecule is CCCCn1c(SCC(=O)c2ccc3c(c2)OCCO3)n[nH]c1=O. The van der Waals surface area contributed by atoms with Crippen LogP contribution in [0.15, 0.2) is 28.2 Å². The average molecular weight is 349 g/mol. The van der Waals surface area contributed by atoms with Crippen LogP contribution in [0.5, 0.6) is 11.5 Å². The minimum Gasteiger partial charge on any atom is -0.486 e. The molecule has 0 atom stereocenters. The third-order valence-corrected chi connectivity index (χ3v) is 4.63. The fraction of sp³-hybridized carbons (Fsp3) is 0.438. The summed E-state index contributed by atoms with van der Waals surface area (Å²) < 4.78 is 12.5. The Hall–Kier alpha value is -2.22. The molecule has 1 N–H and O–H groups in total. The maximum Gasteiger partial charge on any atom is 0.343 e. The topological polar surface area (TPSA) is 86.2 Å². The molecule has 0 fully saturated rings. The van der Waals surface area contributed by atoms with Crippen molar-refractivity contribution in [2.75, 3.05) is 19.0 Å². The molecular weight excluding hydrogens is 330 g/mol. The predicted octanol–water partition coefficient (Wildman–Crippen LogP) is 2.12. The van der Waals surface area contributed by atoms with Gasteiger partial charge in [-0.15, -0.1) is 5.10 Å². The van der Waals surface area contributed by atoms with Gasteiger partial charge in [-0.25, -0.2) is 9.89 Å². The molecule has 7 nitrogen and oxygen atoms in total. The Morgan fingerprint density at radius 2 is 2.12 bits per heavy atom. The Bertz CT molecular complexity index is 784. The molecule has 0 bridgehead atoms. The van der Waals surface area contributed by atoms with Gasteiger partial charge >= 0.3 is 5.69 Å². The molecule has 128 valence electrons. The lowest BCUT2D eigenvalue weighted by Crippen LogP contribution is -2.18. The normalized spacial score (nSPS) is 13.0. The molecule has 2 aromatic rings. The van der Waals surface area contributed by atoms with Gasteiger partial charge in [-0.05, 0) is 24.6 Å². The van der Waals surface area contributed by atoms with E-state index in [1.54, 1.807) is 22.8 Å². The van der Waals surface area contributed by atoms with Gasteiger partial charge in [0.2, 0.25) is 0 Å². The minimum atomic E-state index is -0.238. The molecule has 1 aromatic heterocycles. The number of hydrogen-bond donors (Lipinski definition) is 1. The van der Waals surface area contributed by atoms with E-state index in [0.29, 0.717) is 42.0 Å². The van der Waals surface area contributed by atoms with E-state index in [1.165, 1.54) is 11.8 Å². The Morgan fingerprint density at radius 3 is 2.92 bits per heavy atom. The van der Waals surface area contributed by atoms with Gasteiger partial charge in [0.1, 0.15) is 13.2 Å². The number of fused-ring (bicyclic) bond motifs is 1. The molecule has 8 heteroatoms. The first-order chi connectivity index (χ1) is 11.7. The highest BCUT2D eigenvalue weighted by molar-refractivity contribution is 7.99. The number of aromatic nitrogens is 3. The monoisotopic (exact) mass is 349 g/mol. The lowest BCUT2D eigenvalue weighted by molar-refractivity contribution is 0.102. The molecule has 1 aliphatic rings. The molecular formula is C16H19N3O4S. The molecule has 1 aromatic carbocycles. The molecule has 0 saturated heterocycles. The third-order valence-electron chi connectivity index (χ3n) is 3.66. The van der Waals surface area contributed by atoms with Gasteiger partial charge in [0.05, 0.1) is 5.75 Å². The molecule has 24 heavy (non-hydrogen) atoms. The minimum absolute atomic E-state index is 0.0468. The van der Waals surface area contributed by atoms with E-state index in [1.807, 2.05) is 0 Å². The van der Waals surface area contributed by atoms with Crippen LogP contribution in [0.3, 0.4) is 0 Å². The second-order valence-corrected chi connectivity index (χ2v) is 6.33. The van der Waals surface area contributed by atoms with Crippen molar-refractivity contribution >= 4 is 17.5 Å². The summed E-state index contributed by atoms with van der Waals surface area (Å²) in [5, 5.41) is 6.98. The number of Topliss-reactive ketones (excluding diaryl/α,β-unsaturated/α-hetero) is 1. The predicted molar refractivity (Wildman–Crippen MR) is 90.2 cm³/mol. The van der Waals surface area contributed by atoms with Crippen LogP contribution >= 0.6 is 11.8 Å². The van der Waals surface area contributed by atoms with Crippen LogP contribution in [0.4, 0.5) is 0 Å². The number of unbranched alkanes of at least 4 members (excludes halogenated alkanes) is 1. The van der Waals surface area contributed by atoms with E-state index in [-0.39, 0.29) is 17.2 Å². The Balaban J connectivity index is 1.67. The molecule has 0 saturated carbocycles. The van der Waals surface area contributed by atoms with E-state index in [0.717, 1.165) is 12.8 Å². The number of carbonyl (C=O) groups excluding carboxylic acids is 1. The van der Waals surface area contributed by atoms with Crippen LogP contribution in [0.25, 0.3) is 0 Å². The van der Waals surface area contributed by atoms with Crippen molar-refractivity contribution < 1.29 is 14.3 Å². The first kappa shape index (κ1) is 16.6. The zero-order chi connectivity index (χ0) is 16.9. The van der Waals surface area contributed by atoms with Gasteiger partial charge < -0.3 is 9.47 Å². The zero-order valence-corrected chi connectivity index (χ0v) is 14.2. The highest BCUT2D eigenvalue weighted by Crippen LogP contribution is 2.31. The number of hydrogen-bond acceptors (Lipinski definition) is 6. The van der Waals surface area contributed by atoms with Crippen molar-refractivity contribution in [2.24, 2.45) is 0 Å². The molecule has 0 amide bonds. The first-order valence-corrected chi connectivity index (χ1v) is 8.88. The fourth-order valence-corrected chi connectivity index (χ4v) is 3.22. The highest BCUT2D eigenvalue weighted by Gasteiger charge is 2.16. The molecule has 3 rings (SSSR count).